The van der Waals surface area contributed by atoms with Crippen molar-refractivity contribution >= 4 is 11.6 Å². The van der Waals surface area contributed by atoms with E-state index in [4.69, 9.17) is 26.8 Å². The van der Waals surface area contributed by atoms with Crippen LogP contribution in [0.5, 0.6) is 11.5 Å². The molecule has 2 aromatic rings. The minimum absolute atomic E-state index is 0.0156. The van der Waals surface area contributed by atoms with Crippen molar-refractivity contribution in [1.82, 2.24) is 4.98 Å². The van der Waals surface area contributed by atoms with Crippen molar-refractivity contribution in [3.8, 4) is 22.6 Å². The number of pyridine rings is 1. The maximum Gasteiger partial charge on any atom is 0.172 e. The van der Waals surface area contributed by atoms with Gasteiger partial charge < -0.3 is 20.3 Å². The highest BCUT2D eigenvalue weighted by molar-refractivity contribution is 6.18. The molecule has 2 heterocycles. The molecule has 0 spiro atoms. The number of benzene rings is 1. The van der Waals surface area contributed by atoms with Crippen molar-refractivity contribution < 1.29 is 14.6 Å². The van der Waals surface area contributed by atoms with E-state index in [0.29, 0.717) is 24.0 Å². The van der Waals surface area contributed by atoms with E-state index < -0.39 is 5.60 Å². The molecule has 1 aromatic heterocycles. The Kier molecular flexibility index (Phi) is 5.70. The normalized spacial score (nSPS) is 19.5. The summed E-state index contributed by atoms with van der Waals surface area (Å²) in [4.78, 5) is 4.16. The van der Waals surface area contributed by atoms with Crippen LogP contribution in [0.3, 0.4) is 0 Å². The predicted molar refractivity (Wildman–Crippen MR) is 103 cm³/mol. The Labute approximate surface area is 159 Å². The number of rotatable bonds is 7. The van der Waals surface area contributed by atoms with Gasteiger partial charge in [-0.3, -0.25) is 4.98 Å². The molecule has 0 aliphatic carbocycles. The minimum Gasteiger partial charge on any atom is -0.492 e. The number of nitrogens with two attached hydrogens (primary N) is 1. The summed E-state index contributed by atoms with van der Waals surface area (Å²) < 4.78 is 12.0. The van der Waals surface area contributed by atoms with Crippen molar-refractivity contribution in [3.05, 3.63) is 42.2 Å². The third-order valence-corrected chi connectivity index (χ3v) is 5.00. The molecule has 3 N–H and O–H groups in total. The van der Waals surface area contributed by atoms with E-state index in [1.165, 1.54) is 0 Å². The number of ether oxygens (including phenoxy) is 2. The average molecular weight is 377 g/mol. The van der Waals surface area contributed by atoms with Crippen LogP contribution in [0.2, 0.25) is 0 Å². The first-order valence-electron chi connectivity index (χ1n) is 8.82. The Morgan fingerprint density at radius 3 is 2.81 bits per heavy atom. The van der Waals surface area contributed by atoms with Gasteiger partial charge in [0.05, 0.1) is 12.5 Å². The van der Waals surface area contributed by atoms with Crippen LogP contribution in [-0.2, 0) is 5.60 Å². The predicted octanol–water partition coefficient (Wildman–Crippen LogP) is 3.32. The molecule has 3 rings (SSSR count). The lowest BCUT2D eigenvalue weighted by Crippen LogP contribution is -2.41. The summed E-state index contributed by atoms with van der Waals surface area (Å²) in [6.45, 7) is 4.48. The smallest absolute Gasteiger partial charge is 0.172 e. The number of aliphatic hydroxyl groups excluding tert-OH is 1. The summed E-state index contributed by atoms with van der Waals surface area (Å²) in [5.41, 5.74) is 7.76. The first kappa shape index (κ1) is 19.0. The zero-order valence-corrected chi connectivity index (χ0v) is 15.9. The van der Waals surface area contributed by atoms with Gasteiger partial charge in [-0.25, -0.2) is 0 Å². The van der Waals surface area contributed by atoms with Crippen LogP contribution in [-0.4, -0.2) is 35.2 Å². The van der Waals surface area contributed by atoms with Crippen LogP contribution in [0.25, 0.3) is 11.1 Å². The van der Waals surface area contributed by atoms with Crippen LogP contribution < -0.4 is 15.2 Å². The standard InChI is InChI=1S/C20H25ClN2O3/c1-13(2)7-14(22)10-25-15-3-4-17-16-5-6-23-9-18(16)20(11-21,12-24)26-19(17)8-15/h3-6,8-9,13-14,24H,7,10-12,22H2,1-2H3. The highest BCUT2D eigenvalue weighted by atomic mass is 35.5. The monoisotopic (exact) mass is 376 g/mol. The number of alkyl halides is 1. The summed E-state index contributed by atoms with van der Waals surface area (Å²) in [6, 6.07) is 7.58. The molecule has 2 atom stereocenters. The van der Waals surface area contributed by atoms with E-state index >= 15 is 0 Å². The molecule has 6 heteroatoms. The van der Waals surface area contributed by atoms with Crippen molar-refractivity contribution in [2.24, 2.45) is 11.7 Å². The van der Waals surface area contributed by atoms with Gasteiger partial charge in [-0.15, -0.1) is 11.6 Å². The fourth-order valence-electron chi connectivity index (χ4n) is 3.29. The van der Waals surface area contributed by atoms with Crippen LogP contribution in [0, 0.1) is 5.92 Å². The zero-order valence-electron chi connectivity index (χ0n) is 15.1. The number of aliphatic hydroxyl groups is 1. The molecule has 26 heavy (non-hydrogen) atoms. The number of nitrogens with zero attached hydrogens (tertiary/aromatic N) is 1. The van der Waals surface area contributed by atoms with Crippen molar-refractivity contribution in [1.29, 1.82) is 0 Å². The van der Waals surface area contributed by atoms with Gasteiger partial charge in [0, 0.05) is 35.6 Å². The number of hydrogen-bond donors (Lipinski definition) is 2. The molecular formula is C20H25ClN2O3. The van der Waals surface area contributed by atoms with Gasteiger partial charge in [0.2, 0.25) is 0 Å². The molecule has 0 amide bonds. The molecule has 0 fully saturated rings. The molecule has 1 aromatic carbocycles. The lowest BCUT2D eigenvalue weighted by Gasteiger charge is -2.37. The summed E-state index contributed by atoms with van der Waals surface area (Å²) >= 11 is 6.16. The summed E-state index contributed by atoms with van der Waals surface area (Å²) in [6.07, 6.45) is 4.33. The maximum absolute atomic E-state index is 9.96. The summed E-state index contributed by atoms with van der Waals surface area (Å²) in [5.74, 6) is 1.96. The number of halogens is 1. The van der Waals surface area contributed by atoms with Gasteiger partial charge in [0.25, 0.3) is 0 Å². The van der Waals surface area contributed by atoms with Crippen LogP contribution in [0.15, 0.2) is 36.7 Å². The highest BCUT2D eigenvalue weighted by Gasteiger charge is 2.40. The first-order chi connectivity index (χ1) is 12.5. The fourth-order valence-corrected chi connectivity index (χ4v) is 3.58. The number of aromatic nitrogens is 1. The van der Waals surface area contributed by atoms with Crippen LogP contribution >= 0.6 is 11.6 Å². The van der Waals surface area contributed by atoms with Crippen LogP contribution in [0.1, 0.15) is 25.8 Å². The zero-order chi connectivity index (χ0) is 18.7. The molecule has 0 bridgehead atoms. The SMILES string of the molecule is CC(C)CC(N)COc1ccc2c(c1)OC(CO)(CCl)c1cnccc1-2. The Balaban J connectivity index is 1.88. The Morgan fingerprint density at radius 2 is 2.12 bits per heavy atom. The third kappa shape index (κ3) is 3.65. The minimum atomic E-state index is -1.01. The molecule has 0 saturated heterocycles. The van der Waals surface area contributed by atoms with Gasteiger partial charge >= 0.3 is 0 Å². The summed E-state index contributed by atoms with van der Waals surface area (Å²) in [5, 5.41) is 9.96. The second-order valence-corrected chi connectivity index (χ2v) is 7.44. The van der Waals surface area contributed by atoms with Crippen molar-refractivity contribution in [3.63, 3.8) is 0 Å². The maximum atomic E-state index is 9.96. The Bertz CT molecular complexity index is 762. The number of hydrogen-bond acceptors (Lipinski definition) is 5. The molecule has 1 aliphatic rings. The van der Waals surface area contributed by atoms with Crippen molar-refractivity contribution in [2.45, 2.75) is 31.9 Å². The Hall–Kier alpha value is -1.82. The van der Waals surface area contributed by atoms with E-state index in [0.717, 1.165) is 23.1 Å². The second kappa shape index (κ2) is 7.82. The largest absolute Gasteiger partial charge is 0.492 e. The Morgan fingerprint density at radius 1 is 1.31 bits per heavy atom. The molecule has 140 valence electrons. The lowest BCUT2D eigenvalue weighted by molar-refractivity contribution is 0.0222. The van der Waals surface area contributed by atoms with Gasteiger partial charge in [-0.2, -0.15) is 0 Å². The fraction of sp³-hybridized carbons (Fsp3) is 0.450. The highest BCUT2D eigenvalue weighted by Crippen LogP contribution is 2.46. The second-order valence-electron chi connectivity index (χ2n) is 7.17. The van der Waals surface area contributed by atoms with E-state index in [2.05, 4.69) is 18.8 Å². The lowest BCUT2D eigenvalue weighted by atomic mass is 9.87. The number of fused-ring (bicyclic) bond motifs is 3. The molecule has 2 unspecified atom stereocenters. The van der Waals surface area contributed by atoms with Gasteiger partial charge in [-0.1, -0.05) is 13.8 Å². The van der Waals surface area contributed by atoms with Crippen LogP contribution in [0.4, 0.5) is 0 Å². The van der Waals surface area contributed by atoms with Gasteiger partial charge in [-0.05, 0) is 36.1 Å². The van der Waals surface area contributed by atoms with E-state index in [1.807, 2.05) is 24.3 Å². The van der Waals surface area contributed by atoms with E-state index in [9.17, 15) is 5.11 Å². The van der Waals surface area contributed by atoms with Gasteiger partial charge in [0.1, 0.15) is 18.1 Å². The van der Waals surface area contributed by atoms with Gasteiger partial charge in [0.15, 0.2) is 5.60 Å². The third-order valence-electron chi connectivity index (χ3n) is 4.57. The first-order valence-corrected chi connectivity index (χ1v) is 9.35. The molecule has 5 nitrogen and oxygen atoms in total. The summed E-state index contributed by atoms with van der Waals surface area (Å²) in [7, 11) is 0. The van der Waals surface area contributed by atoms with E-state index in [1.54, 1.807) is 12.4 Å². The van der Waals surface area contributed by atoms with E-state index in [-0.39, 0.29) is 18.5 Å². The van der Waals surface area contributed by atoms with Crippen molar-refractivity contribution in [2.75, 3.05) is 19.1 Å². The quantitative estimate of drug-likeness (QED) is 0.725. The molecule has 0 saturated carbocycles. The molecular weight excluding hydrogens is 352 g/mol. The molecule has 0 radical (unpaired) electrons. The topological polar surface area (TPSA) is 77.6 Å². The average Bonchev–Trinajstić information content (AvgIpc) is 2.65. The molecule has 1 aliphatic heterocycles.